The molecule has 0 spiro atoms. The van der Waals surface area contributed by atoms with E-state index >= 15 is 0 Å². The number of nitrogens with one attached hydrogen (secondary N) is 2. The Labute approximate surface area is 111 Å². The highest BCUT2D eigenvalue weighted by Gasteiger charge is 2.10. The van der Waals surface area contributed by atoms with Gasteiger partial charge in [-0.25, -0.2) is 4.39 Å². The molecule has 0 saturated heterocycles. The number of hydrogen-bond acceptors (Lipinski definition) is 2. The molecule has 0 heterocycles. The van der Waals surface area contributed by atoms with Gasteiger partial charge < -0.3 is 11.1 Å². The molecule has 4 N–H and O–H groups in total. The summed E-state index contributed by atoms with van der Waals surface area (Å²) in [6.45, 7) is 0. The number of anilines is 2. The molecule has 2 aromatic carbocycles. The number of nitrogen functional groups attached to an aromatic ring is 1. The van der Waals surface area contributed by atoms with E-state index in [9.17, 15) is 4.39 Å². The summed E-state index contributed by atoms with van der Waals surface area (Å²) in [5.41, 5.74) is 6.78. The molecule has 0 atom stereocenters. The van der Waals surface area contributed by atoms with Gasteiger partial charge in [-0.2, -0.15) is 0 Å². The van der Waals surface area contributed by atoms with Gasteiger partial charge in [-0.05, 0) is 24.3 Å². The van der Waals surface area contributed by atoms with Crippen LogP contribution >= 0.6 is 12.4 Å². The number of halogens is 2. The lowest BCUT2D eigenvalue weighted by atomic mass is 10.1. The SMILES string of the molecule is Cl.N=C(N)c1c(F)cccc1Nc1ccccc1. The van der Waals surface area contributed by atoms with Gasteiger partial charge in [0, 0.05) is 5.69 Å². The van der Waals surface area contributed by atoms with Crippen molar-refractivity contribution in [2.75, 3.05) is 5.32 Å². The Hall–Kier alpha value is -2.07. The molecule has 0 radical (unpaired) electrons. The van der Waals surface area contributed by atoms with Crippen LogP contribution in [0.1, 0.15) is 5.56 Å². The normalized spacial score (nSPS) is 9.39. The van der Waals surface area contributed by atoms with E-state index < -0.39 is 5.82 Å². The average Bonchev–Trinajstić information content (AvgIpc) is 2.30. The molecule has 0 saturated carbocycles. The Bertz CT molecular complexity index is 543. The number of para-hydroxylation sites is 1. The summed E-state index contributed by atoms with van der Waals surface area (Å²) in [6, 6.07) is 13.9. The smallest absolute Gasteiger partial charge is 0.136 e. The zero-order valence-corrected chi connectivity index (χ0v) is 10.3. The molecule has 0 aliphatic heterocycles. The van der Waals surface area contributed by atoms with Crippen LogP contribution in [0.3, 0.4) is 0 Å². The number of nitrogens with two attached hydrogens (primary N) is 1. The van der Waals surface area contributed by atoms with Crippen molar-refractivity contribution < 1.29 is 4.39 Å². The zero-order valence-electron chi connectivity index (χ0n) is 9.48. The summed E-state index contributed by atoms with van der Waals surface area (Å²) in [5, 5.41) is 10.4. The molecule has 18 heavy (non-hydrogen) atoms. The first kappa shape index (κ1) is 14.0. The number of benzene rings is 2. The van der Waals surface area contributed by atoms with Crippen LogP contribution in [0.15, 0.2) is 48.5 Å². The maximum absolute atomic E-state index is 13.5. The molecule has 5 heteroatoms. The minimum atomic E-state index is -0.501. The molecule has 0 aliphatic carbocycles. The van der Waals surface area contributed by atoms with E-state index in [0.29, 0.717) is 5.69 Å². The third kappa shape index (κ3) is 2.99. The van der Waals surface area contributed by atoms with Gasteiger partial charge in [0.15, 0.2) is 0 Å². The van der Waals surface area contributed by atoms with Gasteiger partial charge in [-0.15, -0.1) is 12.4 Å². The van der Waals surface area contributed by atoms with Crippen molar-refractivity contribution in [3.05, 3.63) is 59.9 Å². The van der Waals surface area contributed by atoms with Gasteiger partial charge >= 0.3 is 0 Å². The van der Waals surface area contributed by atoms with Gasteiger partial charge in [0.2, 0.25) is 0 Å². The first-order valence-electron chi connectivity index (χ1n) is 5.13. The fraction of sp³-hybridized carbons (Fsp3) is 0. The highest BCUT2D eigenvalue weighted by Crippen LogP contribution is 2.22. The van der Waals surface area contributed by atoms with Crippen LogP contribution in [-0.2, 0) is 0 Å². The van der Waals surface area contributed by atoms with E-state index in [0.717, 1.165) is 5.69 Å². The van der Waals surface area contributed by atoms with Crippen LogP contribution in [0.2, 0.25) is 0 Å². The quantitative estimate of drug-likeness (QED) is 0.589. The van der Waals surface area contributed by atoms with Crippen molar-refractivity contribution in [2.45, 2.75) is 0 Å². The number of rotatable bonds is 3. The van der Waals surface area contributed by atoms with E-state index in [1.165, 1.54) is 6.07 Å². The zero-order chi connectivity index (χ0) is 12.3. The molecule has 2 aromatic rings. The van der Waals surface area contributed by atoms with E-state index in [4.69, 9.17) is 11.1 Å². The Kier molecular flexibility index (Phi) is 4.68. The second-order valence-corrected chi connectivity index (χ2v) is 3.57. The van der Waals surface area contributed by atoms with Crippen LogP contribution in [0, 0.1) is 11.2 Å². The molecule has 2 rings (SSSR count). The Morgan fingerprint density at radius 2 is 1.72 bits per heavy atom. The first-order chi connectivity index (χ1) is 8.18. The molecule has 0 aliphatic rings. The predicted molar refractivity (Wildman–Crippen MR) is 74.4 cm³/mol. The van der Waals surface area contributed by atoms with Crippen LogP contribution < -0.4 is 11.1 Å². The Balaban J connectivity index is 0.00000162. The molecule has 0 aromatic heterocycles. The monoisotopic (exact) mass is 265 g/mol. The van der Waals surface area contributed by atoms with Crippen molar-refractivity contribution in [1.29, 1.82) is 5.41 Å². The molecular weight excluding hydrogens is 253 g/mol. The fourth-order valence-electron chi connectivity index (χ4n) is 1.58. The summed E-state index contributed by atoms with van der Waals surface area (Å²) in [6.07, 6.45) is 0. The molecule has 0 amide bonds. The maximum atomic E-state index is 13.5. The van der Waals surface area contributed by atoms with Crippen molar-refractivity contribution >= 4 is 29.6 Å². The van der Waals surface area contributed by atoms with Gasteiger partial charge in [0.25, 0.3) is 0 Å². The molecule has 0 fully saturated rings. The summed E-state index contributed by atoms with van der Waals surface area (Å²) >= 11 is 0. The lowest BCUT2D eigenvalue weighted by molar-refractivity contribution is 0.625. The molecule has 94 valence electrons. The average molecular weight is 266 g/mol. The third-order valence-corrected chi connectivity index (χ3v) is 2.34. The standard InChI is InChI=1S/C13H12FN3.ClH/c14-10-7-4-8-11(12(10)13(15)16)17-9-5-2-1-3-6-9;/h1-8,17H,(H3,15,16);1H. The van der Waals surface area contributed by atoms with Gasteiger partial charge in [0.1, 0.15) is 11.7 Å². The van der Waals surface area contributed by atoms with E-state index in [1.54, 1.807) is 12.1 Å². The van der Waals surface area contributed by atoms with Crippen LogP contribution in [0.5, 0.6) is 0 Å². The van der Waals surface area contributed by atoms with Gasteiger partial charge in [0.05, 0.1) is 11.3 Å². The lowest BCUT2D eigenvalue weighted by Gasteiger charge is -2.11. The van der Waals surface area contributed by atoms with Crippen LogP contribution in [0.25, 0.3) is 0 Å². The van der Waals surface area contributed by atoms with Gasteiger partial charge in [-0.3, -0.25) is 5.41 Å². The summed E-state index contributed by atoms with van der Waals surface area (Å²) < 4.78 is 13.5. The van der Waals surface area contributed by atoms with E-state index in [1.807, 2.05) is 30.3 Å². The molecule has 0 bridgehead atoms. The van der Waals surface area contributed by atoms with Crippen molar-refractivity contribution in [1.82, 2.24) is 0 Å². The van der Waals surface area contributed by atoms with Crippen molar-refractivity contribution in [3.8, 4) is 0 Å². The maximum Gasteiger partial charge on any atom is 0.136 e. The third-order valence-electron chi connectivity index (χ3n) is 2.34. The Morgan fingerprint density at radius 3 is 2.33 bits per heavy atom. The topological polar surface area (TPSA) is 61.9 Å². The van der Waals surface area contributed by atoms with Gasteiger partial charge in [-0.1, -0.05) is 24.3 Å². The highest BCUT2D eigenvalue weighted by molar-refractivity contribution is 6.01. The highest BCUT2D eigenvalue weighted by atomic mass is 35.5. The second kappa shape index (κ2) is 6.02. The largest absolute Gasteiger partial charge is 0.384 e. The van der Waals surface area contributed by atoms with Crippen molar-refractivity contribution in [3.63, 3.8) is 0 Å². The number of amidine groups is 1. The minimum Gasteiger partial charge on any atom is -0.384 e. The first-order valence-corrected chi connectivity index (χ1v) is 5.13. The van der Waals surface area contributed by atoms with Crippen LogP contribution in [0.4, 0.5) is 15.8 Å². The molecule has 3 nitrogen and oxygen atoms in total. The number of hydrogen-bond donors (Lipinski definition) is 3. The minimum absolute atomic E-state index is 0. The summed E-state index contributed by atoms with van der Waals surface area (Å²) in [4.78, 5) is 0. The second-order valence-electron chi connectivity index (χ2n) is 3.57. The molecular formula is C13H13ClFN3. The fourth-order valence-corrected chi connectivity index (χ4v) is 1.58. The Morgan fingerprint density at radius 1 is 1.06 bits per heavy atom. The predicted octanol–water partition coefficient (Wildman–Crippen LogP) is 3.28. The summed E-state index contributed by atoms with van der Waals surface area (Å²) in [7, 11) is 0. The lowest BCUT2D eigenvalue weighted by Crippen LogP contribution is -2.15. The summed E-state index contributed by atoms with van der Waals surface area (Å²) in [5.74, 6) is -0.792. The van der Waals surface area contributed by atoms with E-state index in [-0.39, 0.29) is 23.8 Å². The van der Waals surface area contributed by atoms with Crippen molar-refractivity contribution in [2.24, 2.45) is 5.73 Å². The molecule has 0 unspecified atom stereocenters. The van der Waals surface area contributed by atoms with E-state index in [2.05, 4.69) is 5.32 Å². The van der Waals surface area contributed by atoms with Crippen LogP contribution in [-0.4, -0.2) is 5.84 Å².